The highest BCUT2D eigenvalue weighted by Gasteiger charge is 2.28. The largest absolute Gasteiger partial charge is 0.368 e. The van der Waals surface area contributed by atoms with Gasteiger partial charge in [0.15, 0.2) is 0 Å². The fourth-order valence-corrected chi connectivity index (χ4v) is 0.890. The molecule has 0 aromatic rings. The average molecular weight is 187 g/mol. The summed E-state index contributed by atoms with van der Waals surface area (Å²) in [6.07, 6.45) is 0. The molecular formula is C8H17N3O2. The van der Waals surface area contributed by atoms with E-state index in [1.54, 1.807) is 27.9 Å². The second kappa shape index (κ2) is 4.23. The molecule has 5 heteroatoms. The number of carbonyl (C=O) groups excluding carboxylic acids is 2. The first-order chi connectivity index (χ1) is 5.81. The topological polar surface area (TPSA) is 75.4 Å². The highest BCUT2D eigenvalue weighted by atomic mass is 16.2. The Morgan fingerprint density at radius 1 is 1.46 bits per heavy atom. The summed E-state index contributed by atoms with van der Waals surface area (Å²) < 4.78 is 0. The highest BCUT2D eigenvalue weighted by Crippen LogP contribution is 2.04. The van der Waals surface area contributed by atoms with E-state index in [1.807, 2.05) is 0 Å². The second-order valence-corrected chi connectivity index (χ2v) is 3.50. The van der Waals surface area contributed by atoms with Crippen molar-refractivity contribution in [2.24, 2.45) is 5.73 Å². The van der Waals surface area contributed by atoms with Crippen LogP contribution in [0.15, 0.2) is 0 Å². The minimum Gasteiger partial charge on any atom is -0.368 e. The van der Waals surface area contributed by atoms with Crippen LogP contribution in [-0.2, 0) is 9.59 Å². The summed E-state index contributed by atoms with van der Waals surface area (Å²) in [6.45, 7) is 3.43. The van der Waals surface area contributed by atoms with Gasteiger partial charge in [-0.3, -0.25) is 9.59 Å². The van der Waals surface area contributed by atoms with Gasteiger partial charge in [-0.05, 0) is 20.9 Å². The van der Waals surface area contributed by atoms with Crippen molar-refractivity contribution < 1.29 is 9.59 Å². The zero-order valence-electron chi connectivity index (χ0n) is 8.55. The Morgan fingerprint density at radius 2 is 1.92 bits per heavy atom. The SMILES string of the molecule is CNC(C)(C)C(=O)N(C)CC(N)=O. The Kier molecular flexibility index (Phi) is 3.87. The first kappa shape index (κ1) is 11.9. The number of primary amides is 1. The lowest BCUT2D eigenvalue weighted by Gasteiger charge is -2.28. The molecule has 2 amide bonds. The van der Waals surface area contributed by atoms with E-state index in [2.05, 4.69) is 5.32 Å². The third-order valence-corrected chi connectivity index (χ3v) is 1.90. The van der Waals surface area contributed by atoms with E-state index >= 15 is 0 Å². The van der Waals surface area contributed by atoms with Crippen molar-refractivity contribution in [1.82, 2.24) is 10.2 Å². The average Bonchev–Trinajstić information content (AvgIpc) is 2.01. The third kappa shape index (κ3) is 3.42. The van der Waals surface area contributed by atoms with E-state index in [1.165, 1.54) is 4.90 Å². The second-order valence-electron chi connectivity index (χ2n) is 3.50. The number of likely N-dealkylation sites (N-methyl/N-ethyl adjacent to an activating group) is 2. The molecule has 0 heterocycles. The van der Waals surface area contributed by atoms with Crippen LogP contribution >= 0.6 is 0 Å². The number of nitrogens with two attached hydrogens (primary N) is 1. The lowest BCUT2D eigenvalue weighted by atomic mass is 10.0. The van der Waals surface area contributed by atoms with Crippen LogP contribution in [0.2, 0.25) is 0 Å². The fraction of sp³-hybridized carbons (Fsp3) is 0.750. The van der Waals surface area contributed by atoms with Gasteiger partial charge >= 0.3 is 0 Å². The zero-order valence-corrected chi connectivity index (χ0v) is 8.55. The fourth-order valence-electron chi connectivity index (χ4n) is 0.890. The lowest BCUT2D eigenvalue weighted by molar-refractivity contribution is -0.138. The van der Waals surface area contributed by atoms with Gasteiger partial charge in [-0.15, -0.1) is 0 Å². The lowest BCUT2D eigenvalue weighted by Crippen LogP contribution is -2.53. The van der Waals surface area contributed by atoms with Gasteiger partial charge in [-0.1, -0.05) is 0 Å². The molecule has 0 atom stereocenters. The molecule has 0 aromatic carbocycles. The van der Waals surface area contributed by atoms with E-state index in [4.69, 9.17) is 5.73 Å². The Labute approximate surface area is 78.3 Å². The van der Waals surface area contributed by atoms with Gasteiger partial charge in [-0.2, -0.15) is 0 Å². The number of rotatable bonds is 4. The summed E-state index contributed by atoms with van der Waals surface area (Å²) in [5.41, 5.74) is 4.30. The molecule has 0 aromatic heterocycles. The monoisotopic (exact) mass is 187 g/mol. The maximum absolute atomic E-state index is 11.6. The normalized spacial score (nSPS) is 11.1. The van der Waals surface area contributed by atoms with Crippen molar-refractivity contribution in [3.63, 3.8) is 0 Å². The van der Waals surface area contributed by atoms with Gasteiger partial charge in [0.1, 0.15) is 0 Å². The van der Waals surface area contributed by atoms with Crippen LogP contribution in [0.5, 0.6) is 0 Å². The van der Waals surface area contributed by atoms with Gasteiger partial charge in [0.25, 0.3) is 0 Å². The quantitative estimate of drug-likeness (QED) is 0.588. The molecular weight excluding hydrogens is 170 g/mol. The standard InChI is InChI=1S/C8H17N3O2/c1-8(2,10-3)7(13)11(4)5-6(9)12/h10H,5H2,1-4H3,(H2,9,12). The van der Waals surface area contributed by atoms with Crippen molar-refractivity contribution in [2.75, 3.05) is 20.6 Å². The smallest absolute Gasteiger partial charge is 0.242 e. The number of hydrogen-bond donors (Lipinski definition) is 2. The zero-order chi connectivity index (χ0) is 10.6. The molecule has 0 radical (unpaired) electrons. The Balaban J connectivity index is 4.34. The number of amides is 2. The van der Waals surface area contributed by atoms with Crippen LogP contribution in [0.4, 0.5) is 0 Å². The molecule has 0 spiro atoms. The summed E-state index contributed by atoms with van der Waals surface area (Å²) in [4.78, 5) is 23.4. The van der Waals surface area contributed by atoms with Crippen molar-refractivity contribution in [3.8, 4) is 0 Å². The molecule has 0 fully saturated rings. The molecule has 0 aliphatic rings. The minimum atomic E-state index is -0.662. The summed E-state index contributed by atoms with van der Waals surface area (Å²) in [7, 11) is 3.24. The molecule has 0 aliphatic heterocycles. The first-order valence-electron chi connectivity index (χ1n) is 4.04. The highest BCUT2D eigenvalue weighted by molar-refractivity contribution is 5.89. The Hall–Kier alpha value is -1.10. The molecule has 0 unspecified atom stereocenters. The van der Waals surface area contributed by atoms with Crippen LogP contribution in [0, 0.1) is 0 Å². The van der Waals surface area contributed by atoms with E-state index in [0.717, 1.165) is 0 Å². The van der Waals surface area contributed by atoms with Gasteiger partial charge in [-0.25, -0.2) is 0 Å². The summed E-state index contributed by atoms with van der Waals surface area (Å²) >= 11 is 0. The molecule has 3 N–H and O–H groups in total. The van der Waals surface area contributed by atoms with Gasteiger partial charge in [0.2, 0.25) is 11.8 Å². The molecule has 13 heavy (non-hydrogen) atoms. The number of nitrogens with one attached hydrogen (secondary N) is 1. The van der Waals surface area contributed by atoms with E-state index < -0.39 is 11.4 Å². The maximum Gasteiger partial charge on any atom is 0.242 e. The molecule has 0 aliphatic carbocycles. The number of hydrogen-bond acceptors (Lipinski definition) is 3. The van der Waals surface area contributed by atoms with Crippen molar-refractivity contribution in [1.29, 1.82) is 0 Å². The van der Waals surface area contributed by atoms with Crippen LogP contribution in [0.25, 0.3) is 0 Å². The molecule has 0 saturated heterocycles. The van der Waals surface area contributed by atoms with Gasteiger partial charge in [0, 0.05) is 7.05 Å². The Bertz CT molecular complexity index is 213. The third-order valence-electron chi connectivity index (χ3n) is 1.90. The summed E-state index contributed by atoms with van der Waals surface area (Å²) in [5.74, 6) is -0.670. The molecule has 76 valence electrons. The van der Waals surface area contributed by atoms with Crippen LogP contribution < -0.4 is 11.1 Å². The maximum atomic E-state index is 11.6. The van der Waals surface area contributed by atoms with Crippen LogP contribution in [0.3, 0.4) is 0 Å². The van der Waals surface area contributed by atoms with Crippen molar-refractivity contribution >= 4 is 11.8 Å². The van der Waals surface area contributed by atoms with E-state index in [9.17, 15) is 9.59 Å². The summed E-state index contributed by atoms with van der Waals surface area (Å²) in [6, 6.07) is 0. The number of nitrogens with zero attached hydrogens (tertiary/aromatic N) is 1. The minimum absolute atomic E-state index is 0.0516. The van der Waals surface area contributed by atoms with Crippen LogP contribution in [0.1, 0.15) is 13.8 Å². The Morgan fingerprint density at radius 3 is 2.23 bits per heavy atom. The molecule has 0 bridgehead atoms. The summed E-state index contributed by atoms with van der Waals surface area (Å²) in [5, 5.41) is 2.85. The van der Waals surface area contributed by atoms with E-state index in [-0.39, 0.29) is 12.5 Å². The van der Waals surface area contributed by atoms with Crippen LogP contribution in [-0.4, -0.2) is 42.9 Å². The molecule has 0 saturated carbocycles. The predicted octanol–water partition coefficient (Wildman–Crippen LogP) is -1.07. The van der Waals surface area contributed by atoms with Crippen molar-refractivity contribution in [2.45, 2.75) is 19.4 Å². The first-order valence-corrected chi connectivity index (χ1v) is 4.04. The molecule has 5 nitrogen and oxygen atoms in total. The number of carbonyl (C=O) groups is 2. The van der Waals surface area contributed by atoms with E-state index in [0.29, 0.717) is 0 Å². The predicted molar refractivity (Wildman–Crippen MR) is 50.0 cm³/mol. The molecule has 0 rings (SSSR count). The van der Waals surface area contributed by atoms with Crippen molar-refractivity contribution in [3.05, 3.63) is 0 Å². The van der Waals surface area contributed by atoms with Gasteiger partial charge in [0.05, 0.1) is 12.1 Å². The van der Waals surface area contributed by atoms with Gasteiger partial charge < -0.3 is 16.0 Å².